The third kappa shape index (κ3) is 3.99. The number of ether oxygens (including phenoxy) is 1. The summed E-state index contributed by atoms with van der Waals surface area (Å²) in [5, 5.41) is 7.35. The normalized spacial score (nSPS) is 13.3. The Morgan fingerprint density at radius 2 is 2.10 bits per heavy atom. The molecule has 0 bridgehead atoms. The van der Waals surface area contributed by atoms with E-state index < -0.39 is 33.6 Å². The monoisotopic (exact) mass is 447 g/mol. The molecule has 3 heterocycles. The van der Waals surface area contributed by atoms with Crippen molar-refractivity contribution in [3.05, 3.63) is 52.0 Å². The van der Waals surface area contributed by atoms with Gasteiger partial charge in [-0.15, -0.1) is 11.3 Å². The molecule has 0 saturated heterocycles. The van der Waals surface area contributed by atoms with Crippen LogP contribution in [-0.4, -0.2) is 38.4 Å². The molecule has 0 spiro atoms. The van der Waals surface area contributed by atoms with Crippen LogP contribution in [0.4, 0.5) is 5.69 Å². The van der Waals surface area contributed by atoms with E-state index >= 15 is 0 Å². The summed E-state index contributed by atoms with van der Waals surface area (Å²) in [6.07, 6.45) is 0.682. The number of rotatable bonds is 5. The van der Waals surface area contributed by atoms with E-state index in [1.807, 2.05) is 30.5 Å². The third-order valence-corrected chi connectivity index (χ3v) is 6.13. The number of aromatic nitrogens is 1. The van der Waals surface area contributed by atoms with Crippen LogP contribution in [0.15, 0.2) is 45.2 Å². The molecule has 11 heteroatoms. The van der Waals surface area contributed by atoms with Crippen LogP contribution >= 0.6 is 11.3 Å². The Balaban J connectivity index is 1.42. The van der Waals surface area contributed by atoms with E-state index in [-0.39, 0.29) is 5.76 Å². The second-order valence-electron chi connectivity index (χ2n) is 6.63. The molecule has 0 radical (unpaired) electrons. The van der Waals surface area contributed by atoms with Gasteiger partial charge in [0.25, 0.3) is 15.9 Å². The number of primary sulfonamides is 1. The third-order valence-electron chi connectivity index (χ3n) is 4.58. The molecule has 2 aromatic heterocycles. The van der Waals surface area contributed by atoms with Gasteiger partial charge >= 0.3 is 5.97 Å². The number of amides is 1. The van der Waals surface area contributed by atoms with Gasteiger partial charge in [0, 0.05) is 23.2 Å². The molecule has 1 aromatic carbocycles. The van der Waals surface area contributed by atoms with E-state index in [1.54, 1.807) is 16.2 Å². The van der Waals surface area contributed by atoms with Crippen LogP contribution in [0.3, 0.4) is 0 Å². The summed E-state index contributed by atoms with van der Waals surface area (Å²) < 4.78 is 32.3. The first kappa shape index (κ1) is 20.3. The lowest BCUT2D eigenvalue weighted by molar-refractivity contribution is -0.121. The van der Waals surface area contributed by atoms with Crippen LogP contribution in [0.25, 0.3) is 11.3 Å². The number of carbonyl (C=O) groups excluding carboxylic acids is 2. The fraction of sp³-hybridized carbons (Fsp3) is 0.211. The zero-order valence-electron chi connectivity index (χ0n) is 15.8. The maximum absolute atomic E-state index is 12.6. The SMILES string of the molecule is Cc1nc(-c2ccc3c(c2)CCN3C(=O)COC(=O)c2ccc(S(N)(=O)=O)o2)cs1. The number of nitrogens with zero attached hydrogens (tertiary/aromatic N) is 2. The summed E-state index contributed by atoms with van der Waals surface area (Å²) in [5.41, 5.74) is 3.67. The number of aryl methyl sites for hydroxylation is 1. The highest BCUT2D eigenvalue weighted by Crippen LogP contribution is 2.32. The number of sulfonamides is 1. The lowest BCUT2D eigenvalue weighted by atomic mass is 10.1. The summed E-state index contributed by atoms with van der Waals surface area (Å²) in [6, 6.07) is 7.95. The molecular formula is C19H17N3O6S2. The second-order valence-corrected chi connectivity index (χ2v) is 9.19. The van der Waals surface area contributed by atoms with E-state index in [2.05, 4.69) is 4.98 Å². The molecule has 0 fully saturated rings. The number of benzene rings is 1. The number of nitrogens with two attached hydrogens (primary N) is 1. The van der Waals surface area contributed by atoms with Crippen molar-refractivity contribution in [3.63, 3.8) is 0 Å². The second kappa shape index (κ2) is 7.67. The zero-order chi connectivity index (χ0) is 21.5. The highest BCUT2D eigenvalue weighted by Gasteiger charge is 2.27. The number of hydrogen-bond acceptors (Lipinski definition) is 8. The maximum atomic E-state index is 12.6. The largest absolute Gasteiger partial charge is 0.450 e. The highest BCUT2D eigenvalue weighted by atomic mass is 32.2. The van der Waals surface area contributed by atoms with Gasteiger partial charge in [0.05, 0.1) is 10.7 Å². The molecule has 1 aliphatic rings. The van der Waals surface area contributed by atoms with Crippen molar-refractivity contribution in [1.82, 2.24) is 4.98 Å². The number of anilines is 1. The quantitative estimate of drug-likeness (QED) is 0.592. The average Bonchev–Trinajstić information content (AvgIpc) is 3.43. The van der Waals surface area contributed by atoms with Crippen molar-refractivity contribution in [3.8, 4) is 11.3 Å². The van der Waals surface area contributed by atoms with Crippen molar-refractivity contribution in [2.45, 2.75) is 18.4 Å². The molecule has 1 amide bonds. The number of carbonyl (C=O) groups is 2. The van der Waals surface area contributed by atoms with E-state index in [4.69, 9.17) is 14.3 Å². The molecule has 30 heavy (non-hydrogen) atoms. The van der Waals surface area contributed by atoms with Crippen LogP contribution in [0, 0.1) is 6.92 Å². The first-order valence-electron chi connectivity index (χ1n) is 8.88. The van der Waals surface area contributed by atoms with Crippen molar-refractivity contribution >= 4 is 38.9 Å². The Kier molecular flexibility index (Phi) is 5.18. The predicted octanol–water partition coefficient (Wildman–Crippen LogP) is 2.11. The smallest absolute Gasteiger partial charge is 0.374 e. The maximum Gasteiger partial charge on any atom is 0.374 e. The topological polar surface area (TPSA) is 133 Å². The first-order chi connectivity index (χ1) is 14.2. The van der Waals surface area contributed by atoms with Crippen LogP contribution in [0.1, 0.15) is 21.1 Å². The summed E-state index contributed by atoms with van der Waals surface area (Å²) in [5.74, 6) is -1.69. The highest BCUT2D eigenvalue weighted by molar-refractivity contribution is 7.89. The van der Waals surface area contributed by atoms with E-state index in [0.717, 1.165) is 39.6 Å². The number of fused-ring (bicyclic) bond motifs is 1. The summed E-state index contributed by atoms with van der Waals surface area (Å²) in [7, 11) is -4.07. The van der Waals surface area contributed by atoms with Crippen molar-refractivity contribution in [2.75, 3.05) is 18.1 Å². The van der Waals surface area contributed by atoms with Crippen molar-refractivity contribution in [2.24, 2.45) is 5.14 Å². The number of furan rings is 1. The summed E-state index contributed by atoms with van der Waals surface area (Å²) in [6.45, 7) is 1.92. The molecule has 0 unspecified atom stereocenters. The van der Waals surface area contributed by atoms with Crippen LogP contribution in [0.2, 0.25) is 0 Å². The molecule has 1 aliphatic heterocycles. The summed E-state index contributed by atoms with van der Waals surface area (Å²) >= 11 is 1.58. The molecule has 156 valence electrons. The predicted molar refractivity (Wildman–Crippen MR) is 109 cm³/mol. The van der Waals surface area contributed by atoms with Gasteiger partial charge in [-0.1, -0.05) is 6.07 Å². The van der Waals surface area contributed by atoms with E-state index in [1.165, 1.54) is 0 Å². The minimum Gasteiger partial charge on any atom is -0.450 e. The van der Waals surface area contributed by atoms with Gasteiger partial charge in [0.1, 0.15) is 0 Å². The van der Waals surface area contributed by atoms with Gasteiger partial charge in [-0.25, -0.2) is 23.3 Å². The van der Waals surface area contributed by atoms with E-state index in [0.29, 0.717) is 13.0 Å². The first-order valence-corrected chi connectivity index (χ1v) is 11.3. The number of esters is 1. The van der Waals surface area contributed by atoms with Gasteiger partial charge in [-0.3, -0.25) is 4.79 Å². The Labute approximate surface area is 176 Å². The molecule has 0 aliphatic carbocycles. The number of hydrogen-bond donors (Lipinski definition) is 1. The number of thiazole rings is 1. The summed E-state index contributed by atoms with van der Waals surface area (Å²) in [4.78, 5) is 30.6. The Morgan fingerprint density at radius 3 is 2.77 bits per heavy atom. The van der Waals surface area contributed by atoms with Gasteiger partial charge in [0.15, 0.2) is 6.61 Å². The molecule has 2 N–H and O–H groups in total. The molecule has 0 saturated carbocycles. The molecule has 3 aromatic rings. The Bertz CT molecular complexity index is 1240. The molecule has 9 nitrogen and oxygen atoms in total. The Hall–Kier alpha value is -3.02. The fourth-order valence-corrected chi connectivity index (χ4v) is 4.26. The van der Waals surface area contributed by atoms with Crippen LogP contribution in [0.5, 0.6) is 0 Å². The van der Waals surface area contributed by atoms with Crippen molar-refractivity contribution in [1.29, 1.82) is 0 Å². The standard InChI is InChI=1S/C19H17N3O6S2/c1-11-21-14(10-29-11)12-2-3-15-13(8-12)6-7-22(15)17(23)9-27-19(24)16-4-5-18(28-16)30(20,25)26/h2-5,8,10H,6-7,9H2,1H3,(H2,20,25,26). The van der Waals surface area contributed by atoms with Gasteiger partial charge in [0.2, 0.25) is 10.9 Å². The van der Waals surface area contributed by atoms with Gasteiger partial charge < -0.3 is 14.1 Å². The molecule has 4 rings (SSSR count). The molecule has 0 atom stereocenters. The van der Waals surface area contributed by atoms with Gasteiger partial charge in [-0.05, 0) is 43.2 Å². The lowest BCUT2D eigenvalue weighted by Crippen LogP contribution is -2.33. The Morgan fingerprint density at radius 1 is 1.30 bits per heavy atom. The molecular weight excluding hydrogens is 430 g/mol. The van der Waals surface area contributed by atoms with Crippen LogP contribution in [-0.2, 0) is 26.0 Å². The minimum absolute atomic E-state index is 0.350. The minimum atomic E-state index is -4.07. The lowest BCUT2D eigenvalue weighted by Gasteiger charge is -2.17. The van der Waals surface area contributed by atoms with Gasteiger partial charge in [-0.2, -0.15) is 0 Å². The van der Waals surface area contributed by atoms with E-state index in [9.17, 15) is 18.0 Å². The van der Waals surface area contributed by atoms with Crippen LogP contribution < -0.4 is 10.0 Å². The zero-order valence-corrected chi connectivity index (χ0v) is 17.5. The fourth-order valence-electron chi connectivity index (χ4n) is 3.18. The average molecular weight is 447 g/mol. The van der Waals surface area contributed by atoms with Crippen molar-refractivity contribution < 1.29 is 27.2 Å².